The fraction of sp³-hybridized carbons (Fsp3) is 0.115. The number of hydrogen-bond donors (Lipinski definition) is 1. The first-order valence-electron chi connectivity index (χ1n) is 10.3. The number of carbonyl (C=O) groups excluding carboxylic acids is 2. The maximum Gasteiger partial charge on any atom is 0.339 e. The van der Waals surface area contributed by atoms with Crippen molar-refractivity contribution in [1.29, 1.82) is 0 Å². The largest absolute Gasteiger partial charge is 0.497 e. The molecule has 0 unspecified atom stereocenters. The van der Waals surface area contributed by atoms with Crippen LogP contribution in [0.15, 0.2) is 83.3 Å². The minimum atomic E-state index is -0.577. The van der Waals surface area contributed by atoms with E-state index in [1.807, 2.05) is 72.8 Å². The standard InChI is InChI=1S/C26H21BrN2O4/c1-32-20-12-6-17(7-13-20)15-28-25(30)16-33-26(31)22-14-24(18-8-10-19(27)11-9-18)29-23-5-3-2-4-21(22)23/h2-14H,15-16H2,1H3,(H,28,30). The number of benzene rings is 3. The Labute approximate surface area is 199 Å². The van der Waals surface area contributed by atoms with Gasteiger partial charge in [-0.3, -0.25) is 4.79 Å². The summed E-state index contributed by atoms with van der Waals surface area (Å²) in [5, 5.41) is 3.42. The Kier molecular flexibility index (Phi) is 7.00. The van der Waals surface area contributed by atoms with Gasteiger partial charge in [0.25, 0.3) is 5.91 Å². The quantitative estimate of drug-likeness (QED) is 0.352. The summed E-state index contributed by atoms with van der Waals surface area (Å²) in [5.41, 5.74) is 3.47. The van der Waals surface area contributed by atoms with Gasteiger partial charge in [0.15, 0.2) is 6.61 Å². The van der Waals surface area contributed by atoms with Gasteiger partial charge < -0.3 is 14.8 Å². The number of fused-ring (bicyclic) bond motifs is 1. The summed E-state index contributed by atoms with van der Waals surface area (Å²) in [4.78, 5) is 29.8. The summed E-state index contributed by atoms with van der Waals surface area (Å²) >= 11 is 3.43. The zero-order valence-corrected chi connectivity index (χ0v) is 19.5. The van der Waals surface area contributed by atoms with E-state index in [9.17, 15) is 9.59 Å². The summed E-state index contributed by atoms with van der Waals surface area (Å²) < 4.78 is 11.4. The van der Waals surface area contributed by atoms with Crippen LogP contribution in [0.5, 0.6) is 5.75 Å². The van der Waals surface area contributed by atoms with E-state index in [1.165, 1.54) is 0 Å². The lowest BCUT2D eigenvalue weighted by molar-refractivity contribution is -0.124. The average molecular weight is 505 g/mol. The highest BCUT2D eigenvalue weighted by atomic mass is 79.9. The number of nitrogens with one attached hydrogen (secondary N) is 1. The number of amides is 1. The van der Waals surface area contributed by atoms with E-state index in [1.54, 1.807) is 13.2 Å². The van der Waals surface area contributed by atoms with E-state index >= 15 is 0 Å². The van der Waals surface area contributed by atoms with Crippen molar-refractivity contribution in [3.8, 4) is 17.0 Å². The molecule has 0 spiro atoms. The van der Waals surface area contributed by atoms with Gasteiger partial charge in [-0.2, -0.15) is 0 Å². The van der Waals surface area contributed by atoms with Crippen molar-refractivity contribution in [2.45, 2.75) is 6.54 Å². The minimum absolute atomic E-state index is 0.326. The van der Waals surface area contributed by atoms with Gasteiger partial charge in [0.2, 0.25) is 0 Å². The number of carbonyl (C=O) groups is 2. The maximum atomic E-state index is 12.9. The molecule has 1 N–H and O–H groups in total. The topological polar surface area (TPSA) is 77.5 Å². The van der Waals surface area contributed by atoms with Gasteiger partial charge >= 0.3 is 5.97 Å². The first-order chi connectivity index (χ1) is 16.0. The molecule has 4 rings (SSSR count). The Morgan fingerprint density at radius 2 is 1.70 bits per heavy atom. The molecule has 1 amide bonds. The third-order valence-electron chi connectivity index (χ3n) is 5.06. The molecule has 1 heterocycles. The predicted octanol–water partition coefficient (Wildman–Crippen LogP) is 5.15. The number of esters is 1. The molecule has 0 aliphatic carbocycles. The number of nitrogens with zero attached hydrogens (tertiary/aromatic N) is 1. The molecule has 0 fully saturated rings. The Morgan fingerprint density at radius 3 is 2.42 bits per heavy atom. The van der Waals surface area contributed by atoms with Crippen molar-refractivity contribution in [3.63, 3.8) is 0 Å². The first-order valence-corrected chi connectivity index (χ1v) is 11.1. The highest BCUT2D eigenvalue weighted by Gasteiger charge is 2.16. The summed E-state index contributed by atoms with van der Waals surface area (Å²) in [7, 11) is 1.60. The lowest BCUT2D eigenvalue weighted by Crippen LogP contribution is -2.28. The molecule has 7 heteroatoms. The van der Waals surface area contributed by atoms with Crippen LogP contribution in [0.25, 0.3) is 22.2 Å². The normalized spacial score (nSPS) is 10.6. The molecule has 166 valence electrons. The molecule has 6 nitrogen and oxygen atoms in total. The Morgan fingerprint density at radius 1 is 0.970 bits per heavy atom. The molecule has 0 atom stereocenters. The van der Waals surface area contributed by atoms with Crippen molar-refractivity contribution < 1.29 is 19.1 Å². The molecule has 0 radical (unpaired) electrons. The third kappa shape index (κ3) is 5.56. The second-order valence-electron chi connectivity index (χ2n) is 7.28. The Balaban J connectivity index is 1.46. The maximum absolute atomic E-state index is 12.9. The fourth-order valence-electron chi connectivity index (χ4n) is 3.32. The molecule has 0 aliphatic heterocycles. The monoisotopic (exact) mass is 504 g/mol. The van der Waals surface area contributed by atoms with E-state index < -0.39 is 5.97 Å². The summed E-state index contributed by atoms with van der Waals surface area (Å²) in [6.07, 6.45) is 0. The number of methoxy groups -OCH3 is 1. The second kappa shape index (κ2) is 10.3. The zero-order chi connectivity index (χ0) is 23.2. The van der Waals surface area contributed by atoms with Crippen LogP contribution in [-0.4, -0.2) is 30.6 Å². The second-order valence-corrected chi connectivity index (χ2v) is 8.20. The summed E-state index contributed by atoms with van der Waals surface area (Å²) in [6, 6.07) is 24.1. The molecule has 0 aliphatic rings. The van der Waals surface area contributed by atoms with Crippen LogP contribution in [0.3, 0.4) is 0 Å². The number of hydrogen-bond acceptors (Lipinski definition) is 5. The smallest absolute Gasteiger partial charge is 0.339 e. The molecule has 33 heavy (non-hydrogen) atoms. The number of rotatable bonds is 7. The first kappa shape index (κ1) is 22.5. The molecule has 1 aromatic heterocycles. The van der Waals surface area contributed by atoms with Gasteiger partial charge in [0.1, 0.15) is 5.75 Å². The highest BCUT2D eigenvalue weighted by Crippen LogP contribution is 2.26. The van der Waals surface area contributed by atoms with Crippen molar-refractivity contribution in [2.75, 3.05) is 13.7 Å². The van der Waals surface area contributed by atoms with Crippen LogP contribution >= 0.6 is 15.9 Å². The molecular formula is C26H21BrN2O4. The molecular weight excluding hydrogens is 484 g/mol. The number of halogens is 1. The van der Waals surface area contributed by atoms with Crippen molar-refractivity contribution in [1.82, 2.24) is 10.3 Å². The van der Waals surface area contributed by atoms with Crippen LogP contribution in [0.2, 0.25) is 0 Å². The van der Waals surface area contributed by atoms with Crippen molar-refractivity contribution in [2.24, 2.45) is 0 Å². The Bertz CT molecular complexity index is 1290. The number of aromatic nitrogens is 1. The van der Waals surface area contributed by atoms with Gasteiger partial charge in [-0.25, -0.2) is 9.78 Å². The van der Waals surface area contributed by atoms with E-state index in [0.717, 1.165) is 21.3 Å². The molecule has 0 saturated carbocycles. The summed E-state index contributed by atoms with van der Waals surface area (Å²) in [5.74, 6) is -0.219. The number of para-hydroxylation sites is 1. The van der Waals surface area contributed by atoms with E-state index in [-0.39, 0.29) is 12.5 Å². The number of ether oxygens (including phenoxy) is 2. The van der Waals surface area contributed by atoms with Gasteiger partial charge in [-0.15, -0.1) is 0 Å². The van der Waals surface area contributed by atoms with E-state index in [4.69, 9.17) is 9.47 Å². The van der Waals surface area contributed by atoms with Crippen LogP contribution in [0.4, 0.5) is 0 Å². The highest BCUT2D eigenvalue weighted by molar-refractivity contribution is 9.10. The molecule has 0 saturated heterocycles. The van der Waals surface area contributed by atoms with Gasteiger partial charge in [0.05, 0.1) is 23.9 Å². The lowest BCUT2D eigenvalue weighted by atomic mass is 10.0. The molecule has 0 bridgehead atoms. The van der Waals surface area contributed by atoms with Crippen LogP contribution in [0, 0.1) is 0 Å². The van der Waals surface area contributed by atoms with Crippen LogP contribution < -0.4 is 10.1 Å². The molecule has 3 aromatic carbocycles. The van der Waals surface area contributed by atoms with Gasteiger partial charge in [-0.1, -0.05) is 58.4 Å². The van der Waals surface area contributed by atoms with Crippen molar-refractivity contribution >= 4 is 38.7 Å². The summed E-state index contributed by atoms with van der Waals surface area (Å²) in [6.45, 7) is -0.0501. The van der Waals surface area contributed by atoms with Gasteiger partial charge in [-0.05, 0) is 42.0 Å². The van der Waals surface area contributed by atoms with Crippen LogP contribution in [-0.2, 0) is 16.1 Å². The van der Waals surface area contributed by atoms with Gasteiger partial charge in [0, 0.05) is 22.0 Å². The van der Waals surface area contributed by atoms with E-state index in [0.29, 0.717) is 28.7 Å². The molecule has 4 aromatic rings. The SMILES string of the molecule is COc1ccc(CNC(=O)COC(=O)c2cc(-c3ccc(Br)cc3)nc3ccccc23)cc1. The van der Waals surface area contributed by atoms with E-state index in [2.05, 4.69) is 26.2 Å². The third-order valence-corrected chi connectivity index (χ3v) is 5.59. The fourth-order valence-corrected chi connectivity index (χ4v) is 3.58. The Hall–Kier alpha value is -3.71. The van der Waals surface area contributed by atoms with Crippen molar-refractivity contribution in [3.05, 3.63) is 94.5 Å². The average Bonchev–Trinajstić information content (AvgIpc) is 2.86. The predicted molar refractivity (Wildman–Crippen MR) is 130 cm³/mol. The van der Waals surface area contributed by atoms with Crippen LogP contribution in [0.1, 0.15) is 15.9 Å². The minimum Gasteiger partial charge on any atom is -0.497 e. The number of pyridine rings is 1. The lowest BCUT2D eigenvalue weighted by Gasteiger charge is -2.11. The zero-order valence-electron chi connectivity index (χ0n) is 17.9.